The molecule has 0 unspecified atom stereocenters. The van der Waals surface area contributed by atoms with E-state index in [1.54, 1.807) is 9.13 Å². The van der Waals surface area contributed by atoms with Crippen molar-refractivity contribution in [3.63, 3.8) is 0 Å². The van der Waals surface area contributed by atoms with Gasteiger partial charge in [-0.3, -0.25) is 0 Å². The Bertz CT molecular complexity index is 281. The highest BCUT2D eigenvalue weighted by Gasteiger charge is 2.04. The maximum atomic E-state index is 5.03. The van der Waals surface area contributed by atoms with Gasteiger partial charge in [0.25, 0.3) is 0 Å². The number of thiol groups is 2. The van der Waals surface area contributed by atoms with Crippen LogP contribution in [0, 0.1) is 4.77 Å². The third-order valence-corrected chi connectivity index (χ3v) is 3.16. The summed E-state index contributed by atoms with van der Waals surface area (Å²) in [6.07, 6.45) is 0. The Morgan fingerprint density at radius 3 is 1.50 bits per heavy atom. The third kappa shape index (κ3) is 1.02. The molecule has 0 saturated heterocycles. The highest BCUT2D eigenvalue weighted by Crippen LogP contribution is 2.18. The van der Waals surface area contributed by atoms with Crippen molar-refractivity contribution in [3.8, 4) is 0 Å². The van der Waals surface area contributed by atoms with E-state index in [4.69, 9.17) is 12.2 Å². The molecule has 2 nitrogen and oxygen atoms in total. The van der Waals surface area contributed by atoms with Crippen molar-refractivity contribution in [1.82, 2.24) is 9.13 Å². The molecule has 10 heavy (non-hydrogen) atoms. The minimum Gasteiger partial charge on any atom is -0.314 e. The number of nitrogens with zero attached hydrogens (tertiary/aromatic N) is 2. The molecule has 1 aromatic rings. The second-order valence-electron chi connectivity index (χ2n) is 2.05. The minimum absolute atomic E-state index is 0.731. The van der Waals surface area contributed by atoms with Crippen LogP contribution in [0.2, 0.25) is 0 Å². The molecule has 0 spiro atoms. The molecule has 0 aliphatic heterocycles. The lowest BCUT2D eigenvalue weighted by Gasteiger charge is -1.90. The Morgan fingerprint density at radius 1 is 1.10 bits per heavy atom. The van der Waals surface area contributed by atoms with E-state index in [1.807, 2.05) is 14.1 Å². The van der Waals surface area contributed by atoms with Gasteiger partial charge in [-0.05, 0) is 12.2 Å². The van der Waals surface area contributed by atoms with Crippen LogP contribution in [0.5, 0.6) is 0 Å². The largest absolute Gasteiger partial charge is 0.314 e. The van der Waals surface area contributed by atoms with Crippen molar-refractivity contribution in [3.05, 3.63) is 4.77 Å². The number of hydrogen-bond donors (Lipinski definition) is 2. The fourth-order valence-corrected chi connectivity index (χ4v) is 1.51. The predicted molar refractivity (Wildman–Crippen MR) is 49.7 cm³/mol. The van der Waals surface area contributed by atoms with Gasteiger partial charge in [0.15, 0.2) is 4.77 Å². The van der Waals surface area contributed by atoms with Crippen molar-refractivity contribution in [1.29, 1.82) is 0 Å². The Labute approximate surface area is 75.7 Å². The van der Waals surface area contributed by atoms with E-state index in [9.17, 15) is 0 Å². The Balaban J connectivity index is 3.60. The van der Waals surface area contributed by atoms with Gasteiger partial charge in [0.2, 0.25) is 0 Å². The summed E-state index contributed by atoms with van der Waals surface area (Å²) in [5.41, 5.74) is 0. The molecule has 1 aromatic heterocycles. The summed E-state index contributed by atoms with van der Waals surface area (Å²) in [4.78, 5) is 0. The molecule has 1 rings (SSSR count). The van der Waals surface area contributed by atoms with E-state index in [0.29, 0.717) is 0 Å². The Hall–Kier alpha value is 0.130. The van der Waals surface area contributed by atoms with Gasteiger partial charge in [0.1, 0.15) is 10.1 Å². The molecule has 0 aliphatic carbocycles. The van der Waals surface area contributed by atoms with E-state index in [0.717, 1.165) is 14.8 Å². The molecule has 0 aromatic carbocycles. The minimum atomic E-state index is 0.731. The van der Waals surface area contributed by atoms with Crippen LogP contribution in [-0.2, 0) is 14.1 Å². The molecule has 1 heterocycles. The number of rotatable bonds is 0. The fourth-order valence-electron chi connectivity index (χ4n) is 0.706. The van der Waals surface area contributed by atoms with E-state index < -0.39 is 0 Å². The zero-order valence-electron chi connectivity index (χ0n) is 5.70. The van der Waals surface area contributed by atoms with E-state index in [1.165, 1.54) is 0 Å². The summed E-state index contributed by atoms with van der Waals surface area (Å²) in [5, 5.41) is 1.60. The maximum Gasteiger partial charge on any atom is 0.181 e. The van der Waals surface area contributed by atoms with Crippen molar-refractivity contribution < 1.29 is 0 Å². The van der Waals surface area contributed by atoms with Crippen LogP contribution >= 0.6 is 37.5 Å². The van der Waals surface area contributed by atoms with Crippen LogP contribution in [0.3, 0.4) is 0 Å². The van der Waals surface area contributed by atoms with Gasteiger partial charge in [-0.1, -0.05) is 0 Å². The van der Waals surface area contributed by atoms with Crippen molar-refractivity contribution >= 4 is 37.5 Å². The molecule has 0 radical (unpaired) electrons. The monoisotopic (exact) mass is 192 g/mol. The van der Waals surface area contributed by atoms with Crippen LogP contribution in [0.25, 0.3) is 0 Å². The maximum absolute atomic E-state index is 5.03. The van der Waals surface area contributed by atoms with E-state index >= 15 is 0 Å². The van der Waals surface area contributed by atoms with Crippen molar-refractivity contribution in [2.45, 2.75) is 10.1 Å². The summed E-state index contributed by atoms with van der Waals surface area (Å²) in [7, 11) is 3.73. The van der Waals surface area contributed by atoms with Crippen molar-refractivity contribution in [2.24, 2.45) is 14.1 Å². The van der Waals surface area contributed by atoms with Crippen LogP contribution < -0.4 is 0 Å². The molecule has 0 atom stereocenters. The van der Waals surface area contributed by atoms with Crippen LogP contribution in [0.1, 0.15) is 0 Å². The van der Waals surface area contributed by atoms with Crippen LogP contribution in [0.4, 0.5) is 0 Å². The third-order valence-electron chi connectivity index (χ3n) is 1.41. The first-order chi connectivity index (χ1) is 4.55. The summed E-state index contributed by atoms with van der Waals surface area (Å²) in [5.74, 6) is 0. The average molecular weight is 192 g/mol. The summed E-state index contributed by atoms with van der Waals surface area (Å²) in [6.45, 7) is 0. The van der Waals surface area contributed by atoms with Gasteiger partial charge in [0.05, 0.1) is 0 Å². The first kappa shape index (κ1) is 8.23. The smallest absolute Gasteiger partial charge is 0.181 e. The second kappa shape index (κ2) is 2.64. The zero-order chi connectivity index (χ0) is 7.89. The lowest BCUT2D eigenvalue weighted by Crippen LogP contribution is -1.90. The highest BCUT2D eigenvalue weighted by molar-refractivity contribution is 7.83. The molecule has 56 valence electrons. The first-order valence-electron chi connectivity index (χ1n) is 2.69. The van der Waals surface area contributed by atoms with E-state index in [-0.39, 0.29) is 0 Å². The standard InChI is InChI=1S/C5H8N2S3/c1-6-3(8)4(9)7(2)5(6)10/h8-9H,1-2H3. The van der Waals surface area contributed by atoms with Crippen LogP contribution in [-0.4, -0.2) is 9.13 Å². The molecule has 0 N–H and O–H groups in total. The van der Waals surface area contributed by atoms with Gasteiger partial charge in [-0.25, -0.2) is 0 Å². The number of imidazole rings is 1. The Kier molecular flexibility index (Phi) is 2.17. The number of aromatic nitrogens is 2. The summed E-state index contributed by atoms with van der Waals surface area (Å²) in [6, 6.07) is 0. The quantitative estimate of drug-likeness (QED) is 0.470. The molecule has 0 bridgehead atoms. The highest BCUT2D eigenvalue weighted by atomic mass is 32.1. The lowest BCUT2D eigenvalue weighted by atomic mass is 10.9. The molecule has 0 amide bonds. The average Bonchev–Trinajstić information content (AvgIpc) is 2.07. The molecule has 0 saturated carbocycles. The lowest BCUT2D eigenvalue weighted by molar-refractivity contribution is 0.776. The molecule has 0 fully saturated rings. The molecular formula is C5H8N2S3. The molecular weight excluding hydrogens is 184 g/mol. The normalized spacial score (nSPS) is 10.4. The Morgan fingerprint density at radius 2 is 1.40 bits per heavy atom. The van der Waals surface area contributed by atoms with Gasteiger partial charge in [-0.2, -0.15) is 0 Å². The van der Waals surface area contributed by atoms with Gasteiger partial charge < -0.3 is 9.13 Å². The summed E-state index contributed by atoms with van der Waals surface area (Å²) >= 11 is 13.4. The van der Waals surface area contributed by atoms with Gasteiger partial charge in [-0.15, -0.1) is 25.3 Å². The first-order valence-corrected chi connectivity index (χ1v) is 3.99. The SMILES string of the molecule is Cn1c(S)c(S)n(C)c1=S. The topological polar surface area (TPSA) is 9.86 Å². The summed E-state index contributed by atoms with van der Waals surface area (Å²) < 4.78 is 4.34. The zero-order valence-corrected chi connectivity index (χ0v) is 8.30. The van der Waals surface area contributed by atoms with Gasteiger partial charge in [0, 0.05) is 14.1 Å². The molecule has 0 aliphatic rings. The fraction of sp³-hybridized carbons (Fsp3) is 0.400. The second-order valence-corrected chi connectivity index (χ2v) is 3.26. The molecule has 5 heteroatoms. The van der Waals surface area contributed by atoms with Crippen LogP contribution in [0.15, 0.2) is 10.1 Å². The predicted octanol–water partition coefficient (Wildman–Crippen LogP) is 1.67. The van der Waals surface area contributed by atoms with Gasteiger partial charge >= 0.3 is 0 Å². The number of hydrogen-bond acceptors (Lipinski definition) is 3. The van der Waals surface area contributed by atoms with E-state index in [2.05, 4.69) is 25.3 Å². The van der Waals surface area contributed by atoms with Crippen molar-refractivity contribution in [2.75, 3.05) is 0 Å².